The van der Waals surface area contributed by atoms with Crippen LogP contribution in [0.4, 0.5) is 0 Å². The summed E-state index contributed by atoms with van der Waals surface area (Å²) < 4.78 is 4.85. The molecule has 0 radical (unpaired) electrons. The van der Waals surface area contributed by atoms with Crippen LogP contribution in [0.25, 0.3) is 43.6 Å². The predicted octanol–water partition coefficient (Wildman–Crippen LogP) is 7.53. The first-order valence-electron chi connectivity index (χ1n) is 11.3. The molecule has 0 saturated carbocycles. The number of rotatable bonds is 4. The van der Waals surface area contributed by atoms with Gasteiger partial charge in [-0.15, -0.1) is 0 Å². The summed E-state index contributed by atoms with van der Waals surface area (Å²) in [5.74, 6) is 0. The molecule has 0 aliphatic carbocycles. The molecule has 2 nitrogen and oxygen atoms in total. The first-order chi connectivity index (χ1) is 15.3. The molecular weight excluding hydrogens is 376 g/mol. The fraction of sp³-hybridized carbons (Fsp3) is 0.172. The lowest BCUT2D eigenvalue weighted by Gasteiger charge is -2.07. The normalized spacial score (nSPS) is 11.9. The first kappa shape index (κ1) is 18.3. The van der Waals surface area contributed by atoms with Gasteiger partial charge in [0.2, 0.25) is 0 Å². The maximum absolute atomic E-state index is 2.44. The standard InChI is InChI=1S/C29H26N2/c1-3-30-27-12-8-6-10-23(27)25-18-20(14-16-28(25)30)17-21-13-15-24-22-9-5-7-11-26(22)31(4-2)29(24)19-21/h5-16,18-19H,3-4,17H2,1-2H3. The molecule has 0 amide bonds. The lowest BCUT2D eigenvalue weighted by atomic mass is 10.0. The van der Waals surface area contributed by atoms with Crippen LogP contribution in [0.5, 0.6) is 0 Å². The summed E-state index contributed by atoms with van der Waals surface area (Å²) >= 11 is 0. The molecule has 0 atom stereocenters. The van der Waals surface area contributed by atoms with Crippen molar-refractivity contribution < 1.29 is 0 Å². The lowest BCUT2D eigenvalue weighted by Crippen LogP contribution is -1.95. The van der Waals surface area contributed by atoms with Crippen LogP contribution in [0, 0.1) is 0 Å². The molecule has 0 fully saturated rings. The number of aromatic nitrogens is 2. The van der Waals surface area contributed by atoms with Crippen molar-refractivity contribution in [2.45, 2.75) is 33.4 Å². The minimum atomic E-state index is 0.947. The molecule has 0 unspecified atom stereocenters. The molecule has 2 heteroatoms. The Hall–Kier alpha value is -3.52. The summed E-state index contributed by atoms with van der Waals surface area (Å²) in [5.41, 5.74) is 8.05. The van der Waals surface area contributed by atoms with Crippen molar-refractivity contribution in [2.75, 3.05) is 0 Å². The molecule has 0 spiro atoms. The summed E-state index contributed by atoms with van der Waals surface area (Å²) in [6, 6.07) is 31.5. The van der Waals surface area contributed by atoms with Gasteiger partial charge in [-0.1, -0.05) is 54.6 Å². The summed E-state index contributed by atoms with van der Waals surface area (Å²) in [4.78, 5) is 0. The molecule has 0 aliphatic heterocycles. The zero-order valence-corrected chi connectivity index (χ0v) is 18.1. The van der Waals surface area contributed by atoms with E-state index in [1.807, 2.05) is 0 Å². The molecule has 6 aromatic rings. The van der Waals surface area contributed by atoms with Crippen molar-refractivity contribution in [3.8, 4) is 0 Å². The zero-order chi connectivity index (χ0) is 20.9. The van der Waals surface area contributed by atoms with Gasteiger partial charge in [-0.05, 0) is 61.7 Å². The largest absolute Gasteiger partial charge is 0.341 e. The van der Waals surface area contributed by atoms with Crippen LogP contribution < -0.4 is 0 Å². The maximum atomic E-state index is 2.44. The highest BCUT2D eigenvalue weighted by molar-refractivity contribution is 6.09. The Morgan fingerprint density at radius 1 is 0.484 bits per heavy atom. The van der Waals surface area contributed by atoms with E-state index in [-0.39, 0.29) is 0 Å². The number of hydrogen-bond acceptors (Lipinski definition) is 0. The summed E-state index contributed by atoms with van der Waals surface area (Å²) in [5, 5.41) is 5.41. The molecule has 2 aromatic heterocycles. The van der Waals surface area contributed by atoms with Crippen molar-refractivity contribution in [3.05, 3.63) is 96.1 Å². The number of aryl methyl sites for hydroxylation is 2. The van der Waals surface area contributed by atoms with Crippen LogP contribution in [-0.2, 0) is 19.5 Å². The topological polar surface area (TPSA) is 9.86 Å². The Labute approximate surface area is 182 Å². The van der Waals surface area contributed by atoms with Gasteiger partial charge in [0.05, 0.1) is 0 Å². The molecule has 31 heavy (non-hydrogen) atoms. The fourth-order valence-corrected chi connectivity index (χ4v) is 5.33. The van der Waals surface area contributed by atoms with Gasteiger partial charge in [0.15, 0.2) is 0 Å². The average molecular weight is 403 g/mol. The number of nitrogens with zero attached hydrogens (tertiary/aromatic N) is 2. The highest BCUT2D eigenvalue weighted by Gasteiger charge is 2.12. The minimum absolute atomic E-state index is 0.947. The predicted molar refractivity (Wildman–Crippen MR) is 133 cm³/mol. The zero-order valence-electron chi connectivity index (χ0n) is 18.1. The summed E-state index contributed by atoms with van der Waals surface area (Å²) in [7, 11) is 0. The smallest absolute Gasteiger partial charge is 0.0494 e. The molecule has 0 bridgehead atoms. The van der Waals surface area contributed by atoms with Gasteiger partial charge in [0.1, 0.15) is 0 Å². The third-order valence-corrected chi connectivity index (χ3v) is 6.72. The Balaban J connectivity index is 1.47. The van der Waals surface area contributed by atoms with E-state index in [0.29, 0.717) is 0 Å². The molecule has 4 aromatic carbocycles. The van der Waals surface area contributed by atoms with E-state index >= 15 is 0 Å². The number of fused-ring (bicyclic) bond motifs is 6. The Morgan fingerprint density at radius 3 is 1.71 bits per heavy atom. The molecule has 152 valence electrons. The van der Waals surface area contributed by atoms with Gasteiger partial charge in [-0.25, -0.2) is 0 Å². The second-order valence-electron chi connectivity index (χ2n) is 8.40. The second-order valence-corrected chi connectivity index (χ2v) is 8.40. The van der Waals surface area contributed by atoms with Gasteiger partial charge in [0.25, 0.3) is 0 Å². The van der Waals surface area contributed by atoms with E-state index in [4.69, 9.17) is 0 Å². The van der Waals surface area contributed by atoms with E-state index in [0.717, 1.165) is 19.5 Å². The number of para-hydroxylation sites is 2. The van der Waals surface area contributed by atoms with Crippen LogP contribution in [0.15, 0.2) is 84.9 Å². The molecule has 2 heterocycles. The van der Waals surface area contributed by atoms with E-state index in [1.54, 1.807) is 0 Å². The average Bonchev–Trinajstić information content (AvgIpc) is 3.30. The Bertz CT molecular complexity index is 1580. The van der Waals surface area contributed by atoms with Crippen molar-refractivity contribution in [1.82, 2.24) is 9.13 Å². The summed E-state index contributed by atoms with van der Waals surface area (Å²) in [6.45, 7) is 6.43. The van der Waals surface area contributed by atoms with Gasteiger partial charge >= 0.3 is 0 Å². The van der Waals surface area contributed by atoms with Gasteiger partial charge < -0.3 is 9.13 Å². The van der Waals surface area contributed by atoms with Crippen molar-refractivity contribution in [3.63, 3.8) is 0 Å². The molecule has 0 saturated heterocycles. The van der Waals surface area contributed by atoms with Crippen molar-refractivity contribution in [1.29, 1.82) is 0 Å². The fourth-order valence-electron chi connectivity index (χ4n) is 5.33. The number of benzene rings is 4. The first-order valence-corrected chi connectivity index (χ1v) is 11.3. The molecule has 0 aliphatic rings. The molecule has 0 N–H and O–H groups in total. The van der Waals surface area contributed by atoms with Crippen LogP contribution in [0.3, 0.4) is 0 Å². The Kier molecular flexibility index (Phi) is 4.14. The quantitative estimate of drug-likeness (QED) is 0.288. The van der Waals surface area contributed by atoms with Crippen molar-refractivity contribution >= 4 is 43.6 Å². The highest BCUT2D eigenvalue weighted by atomic mass is 15.0. The van der Waals surface area contributed by atoms with E-state index in [1.165, 1.54) is 54.7 Å². The van der Waals surface area contributed by atoms with Gasteiger partial charge in [-0.2, -0.15) is 0 Å². The van der Waals surface area contributed by atoms with E-state index in [2.05, 4.69) is 108 Å². The third kappa shape index (κ3) is 2.71. The minimum Gasteiger partial charge on any atom is -0.341 e. The second kappa shape index (κ2) is 7.02. The van der Waals surface area contributed by atoms with Crippen LogP contribution in [0.1, 0.15) is 25.0 Å². The van der Waals surface area contributed by atoms with Crippen LogP contribution >= 0.6 is 0 Å². The third-order valence-electron chi connectivity index (χ3n) is 6.72. The number of hydrogen-bond donors (Lipinski definition) is 0. The van der Waals surface area contributed by atoms with E-state index in [9.17, 15) is 0 Å². The maximum Gasteiger partial charge on any atom is 0.0494 e. The van der Waals surface area contributed by atoms with Crippen LogP contribution in [0.2, 0.25) is 0 Å². The monoisotopic (exact) mass is 402 g/mol. The van der Waals surface area contributed by atoms with Crippen LogP contribution in [-0.4, -0.2) is 9.13 Å². The Morgan fingerprint density at radius 2 is 1.00 bits per heavy atom. The lowest BCUT2D eigenvalue weighted by molar-refractivity contribution is 0.826. The van der Waals surface area contributed by atoms with E-state index < -0.39 is 0 Å². The SMILES string of the molecule is CCn1c2ccccc2c2cc(Cc3ccc4c5ccccc5n(CC)c4c3)ccc21. The van der Waals surface area contributed by atoms with Gasteiger partial charge in [-0.3, -0.25) is 0 Å². The van der Waals surface area contributed by atoms with Crippen molar-refractivity contribution in [2.24, 2.45) is 0 Å². The van der Waals surface area contributed by atoms with Gasteiger partial charge in [0, 0.05) is 56.7 Å². The molecule has 6 rings (SSSR count). The highest BCUT2D eigenvalue weighted by Crippen LogP contribution is 2.32. The molecular formula is C29H26N2. The summed E-state index contributed by atoms with van der Waals surface area (Å²) in [6.07, 6.45) is 0.947.